The molecule has 9 heteroatoms. The Balaban J connectivity index is 1.53. The second kappa shape index (κ2) is 6.77. The van der Waals surface area contributed by atoms with E-state index >= 15 is 0 Å². The van der Waals surface area contributed by atoms with Crippen LogP contribution in [0, 0.1) is 0 Å². The Labute approximate surface area is 158 Å². The maximum absolute atomic E-state index is 13.1. The van der Waals surface area contributed by atoms with Crippen LogP contribution in [-0.2, 0) is 21.5 Å². The number of carbonyl (C=O) groups excluding carboxylic acids is 2. The third-order valence-corrected chi connectivity index (χ3v) is 5.54. The second-order valence-corrected chi connectivity index (χ2v) is 7.68. The Morgan fingerprint density at radius 2 is 2.27 bits per heavy atom. The molecule has 7 nitrogen and oxygen atoms in total. The third-order valence-electron chi connectivity index (χ3n) is 4.39. The molecule has 2 N–H and O–H groups in total. The summed E-state index contributed by atoms with van der Waals surface area (Å²) < 4.78 is 0. The number of ketones is 1. The minimum atomic E-state index is -1.09. The molecule has 1 aliphatic carbocycles. The van der Waals surface area contributed by atoms with E-state index in [1.54, 1.807) is 24.6 Å². The molecule has 4 rings (SSSR count). The lowest BCUT2D eigenvalue weighted by Crippen LogP contribution is -2.32. The van der Waals surface area contributed by atoms with E-state index in [2.05, 4.69) is 25.5 Å². The molecular weight excluding hydrogens is 374 g/mol. The van der Waals surface area contributed by atoms with E-state index in [1.807, 2.05) is 6.07 Å². The van der Waals surface area contributed by atoms with Crippen LogP contribution in [-0.4, -0.2) is 39.0 Å². The highest BCUT2D eigenvalue weighted by molar-refractivity contribution is 7.15. The summed E-state index contributed by atoms with van der Waals surface area (Å²) in [4.78, 5) is 33.7. The molecule has 1 amide bonds. The number of allylic oxidation sites excluding steroid dienone is 1. The number of hydrogen-bond donors (Lipinski definition) is 2. The zero-order valence-electron chi connectivity index (χ0n) is 13.7. The number of alkyl halides is 1. The van der Waals surface area contributed by atoms with Gasteiger partial charge >= 0.3 is 0 Å². The number of carbonyl (C=O) groups is 2. The first-order valence-electron chi connectivity index (χ1n) is 8.23. The van der Waals surface area contributed by atoms with Crippen molar-refractivity contribution in [2.75, 3.05) is 11.2 Å². The number of thiazole rings is 1. The van der Waals surface area contributed by atoms with Crippen molar-refractivity contribution in [2.45, 2.75) is 30.7 Å². The van der Waals surface area contributed by atoms with Gasteiger partial charge in [0.1, 0.15) is 11.6 Å². The van der Waals surface area contributed by atoms with Gasteiger partial charge in [0.05, 0.1) is 0 Å². The molecule has 0 aromatic carbocycles. The molecule has 3 heterocycles. The Morgan fingerprint density at radius 3 is 2.96 bits per heavy atom. The fourth-order valence-corrected chi connectivity index (χ4v) is 3.77. The standard InChI is InChI=1S/C17H16ClN5O2S/c18-8-15(25)21-16-19-9-11(26-16)6-14(24)17(4-1-5-20-17)13-7-12(22-23-13)10-2-3-10/h1,4-5,7,9-10H,2-3,6,8H2,(H,22,23)(H,19,21,25). The van der Waals surface area contributed by atoms with Gasteiger partial charge in [-0.3, -0.25) is 19.7 Å². The van der Waals surface area contributed by atoms with E-state index in [4.69, 9.17) is 11.6 Å². The fourth-order valence-electron chi connectivity index (χ4n) is 2.87. The number of nitrogens with zero attached hydrogens (tertiary/aromatic N) is 3. The SMILES string of the molecule is O=C(CCl)Nc1ncc(CC(=O)C2(c3cc(C4CC4)[nH]n3)C=CC=N2)s1. The van der Waals surface area contributed by atoms with E-state index in [1.165, 1.54) is 11.3 Å². The molecule has 1 unspecified atom stereocenters. The molecule has 2 aromatic heterocycles. The quantitative estimate of drug-likeness (QED) is 0.710. The molecule has 0 radical (unpaired) electrons. The van der Waals surface area contributed by atoms with Crippen LogP contribution in [0.25, 0.3) is 0 Å². The van der Waals surface area contributed by atoms with Gasteiger partial charge < -0.3 is 5.32 Å². The van der Waals surface area contributed by atoms with Gasteiger partial charge in [-0.15, -0.1) is 22.9 Å². The van der Waals surface area contributed by atoms with Crippen molar-refractivity contribution in [3.8, 4) is 0 Å². The first-order valence-corrected chi connectivity index (χ1v) is 9.58. The molecule has 1 saturated carbocycles. The van der Waals surface area contributed by atoms with Crippen LogP contribution in [0.3, 0.4) is 0 Å². The lowest BCUT2D eigenvalue weighted by atomic mass is 9.89. The average Bonchev–Trinajstić information content (AvgIpc) is 3.06. The van der Waals surface area contributed by atoms with Crippen LogP contribution in [0.15, 0.2) is 29.4 Å². The first kappa shape index (κ1) is 17.1. The van der Waals surface area contributed by atoms with Crippen molar-refractivity contribution in [1.82, 2.24) is 15.2 Å². The van der Waals surface area contributed by atoms with E-state index in [9.17, 15) is 9.59 Å². The number of anilines is 1. The predicted molar refractivity (Wildman–Crippen MR) is 100 cm³/mol. The highest BCUT2D eigenvalue weighted by Crippen LogP contribution is 2.41. The summed E-state index contributed by atoms with van der Waals surface area (Å²) in [6.45, 7) is 0. The smallest absolute Gasteiger partial charge is 0.241 e. The van der Waals surface area contributed by atoms with Crippen LogP contribution in [0.4, 0.5) is 5.13 Å². The summed E-state index contributed by atoms with van der Waals surface area (Å²) in [6, 6.07) is 1.95. The summed E-state index contributed by atoms with van der Waals surface area (Å²) in [7, 11) is 0. The molecule has 2 aromatic rings. The second-order valence-electron chi connectivity index (χ2n) is 6.30. The van der Waals surface area contributed by atoms with Crippen LogP contribution >= 0.6 is 22.9 Å². The van der Waals surface area contributed by atoms with Crippen molar-refractivity contribution < 1.29 is 9.59 Å². The molecular formula is C17H16ClN5O2S. The van der Waals surface area contributed by atoms with Gasteiger partial charge in [-0.2, -0.15) is 5.10 Å². The highest BCUT2D eigenvalue weighted by Gasteiger charge is 2.41. The summed E-state index contributed by atoms with van der Waals surface area (Å²) in [5, 5.41) is 10.4. The predicted octanol–water partition coefficient (Wildman–Crippen LogP) is 2.57. The zero-order chi connectivity index (χ0) is 18.1. The van der Waals surface area contributed by atoms with Gasteiger partial charge in [0.2, 0.25) is 5.91 Å². The summed E-state index contributed by atoms with van der Waals surface area (Å²) in [6.07, 6.45) is 9.22. The average molecular weight is 390 g/mol. The topological polar surface area (TPSA) is 100 Å². The highest BCUT2D eigenvalue weighted by atomic mass is 35.5. The number of halogens is 1. The van der Waals surface area contributed by atoms with E-state index in [0.717, 1.165) is 23.4 Å². The Morgan fingerprint density at radius 1 is 1.42 bits per heavy atom. The van der Waals surface area contributed by atoms with Crippen molar-refractivity contribution in [3.63, 3.8) is 0 Å². The number of aliphatic imine (C=N–C) groups is 1. The summed E-state index contributed by atoms with van der Waals surface area (Å²) in [5.41, 5.74) is 0.591. The summed E-state index contributed by atoms with van der Waals surface area (Å²) in [5.74, 6) is -0.0377. The maximum atomic E-state index is 13.1. The molecule has 26 heavy (non-hydrogen) atoms. The van der Waals surface area contributed by atoms with Crippen LogP contribution in [0.2, 0.25) is 0 Å². The number of aromatic amines is 1. The van der Waals surface area contributed by atoms with E-state index < -0.39 is 5.54 Å². The first-order chi connectivity index (χ1) is 12.6. The van der Waals surface area contributed by atoms with Gasteiger partial charge in [0.15, 0.2) is 16.5 Å². The largest absolute Gasteiger partial charge is 0.301 e. The van der Waals surface area contributed by atoms with Crippen molar-refractivity contribution >= 4 is 46.0 Å². The lowest BCUT2D eigenvalue weighted by Gasteiger charge is -2.20. The normalized spacial score (nSPS) is 21.3. The van der Waals surface area contributed by atoms with Crippen LogP contribution in [0.1, 0.15) is 35.0 Å². The monoisotopic (exact) mass is 389 g/mol. The number of Topliss-reactive ketones (excluding diaryl/α,β-unsaturated/α-hetero) is 1. The van der Waals surface area contributed by atoms with Gasteiger partial charge in [-0.05, 0) is 31.1 Å². The number of hydrogen-bond acceptors (Lipinski definition) is 6. The molecule has 0 saturated heterocycles. The molecule has 0 spiro atoms. The van der Waals surface area contributed by atoms with Crippen molar-refractivity contribution in [2.24, 2.45) is 4.99 Å². The molecule has 0 bridgehead atoms. The molecule has 134 valence electrons. The Hall–Kier alpha value is -2.32. The van der Waals surface area contributed by atoms with Crippen LogP contribution in [0.5, 0.6) is 0 Å². The van der Waals surface area contributed by atoms with Gasteiger partial charge in [-0.1, -0.05) is 0 Å². The third kappa shape index (κ3) is 3.22. The van der Waals surface area contributed by atoms with Gasteiger partial charge in [0.25, 0.3) is 0 Å². The minimum absolute atomic E-state index is 0.0878. The maximum Gasteiger partial charge on any atom is 0.241 e. The number of H-pyrrole nitrogens is 1. The Kier molecular flexibility index (Phi) is 4.46. The van der Waals surface area contributed by atoms with E-state index in [-0.39, 0.29) is 24.0 Å². The van der Waals surface area contributed by atoms with Crippen molar-refractivity contribution in [3.05, 3.63) is 40.7 Å². The molecule has 1 atom stereocenters. The zero-order valence-corrected chi connectivity index (χ0v) is 15.3. The van der Waals surface area contributed by atoms with Gasteiger partial charge in [0, 0.05) is 35.3 Å². The number of aromatic nitrogens is 3. The van der Waals surface area contributed by atoms with Crippen molar-refractivity contribution in [1.29, 1.82) is 0 Å². The summed E-state index contributed by atoms with van der Waals surface area (Å²) >= 11 is 6.72. The number of nitrogens with one attached hydrogen (secondary N) is 2. The molecule has 1 fully saturated rings. The molecule has 2 aliphatic rings. The lowest BCUT2D eigenvalue weighted by molar-refractivity contribution is -0.122. The number of rotatable bonds is 7. The number of amides is 1. The minimum Gasteiger partial charge on any atom is -0.301 e. The van der Waals surface area contributed by atoms with Gasteiger partial charge in [-0.25, -0.2) is 4.98 Å². The Bertz CT molecular complexity index is 900. The van der Waals surface area contributed by atoms with E-state index in [0.29, 0.717) is 16.7 Å². The molecule has 1 aliphatic heterocycles. The fraction of sp³-hybridized carbons (Fsp3) is 0.353. The van der Waals surface area contributed by atoms with Crippen LogP contribution < -0.4 is 5.32 Å².